The van der Waals surface area contributed by atoms with E-state index < -0.39 is 17.7 Å². The number of hydrogen-bond donors (Lipinski definition) is 1. The number of carbonyl (C=O) groups excluding carboxylic acids is 2. The molecule has 0 bridgehead atoms. The van der Waals surface area contributed by atoms with Crippen LogP contribution in [0.2, 0.25) is 0 Å². The van der Waals surface area contributed by atoms with Gasteiger partial charge in [0, 0.05) is 18.2 Å². The van der Waals surface area contributed by atoms with Gasteiger partial charge < -0.3 is 19.5 Å². The van der Waals surface area contributed by atoms with Gasteiger partial charge in [-0.1, -0.05) is 25.1 Å². The monoisotopic (exact) mass is 551 g/mol. The van der Waals surface area contributed by atoms with Crippen LogP contribution in [0.25, 0.3) is 0 Å². The second-order valence-electron chi connectivity index (χ2n) is 9.99. The maximum absolute atomic E-state index is 13.6. The lowest BCUT2D eigenvalue weighted by Gasteiger charge is -2.34. The molecule has 1 aromatic rings. The minimum atomic E-state index is -0.730. The van der Waals surface area contributed by atoms with Crippen LogP contribution in [0.4, 0.5) is 10.6 Å². The van der Waals surface area contributed by atoms with Crippen molar-refractivity contribution in [2.75, 3.05) is 25.1 Å². The summed E-state index contributed by atoms with van der Waals surface area (Å²) in [5.74, 6) is 0.0576. The van der Waals surface area contributed by atoms with Gasteiger partial charge in [-0.2, -0.15) is 0 Å². The molecule has 194 valence electrons. The van der Waals surface area contributed by atoms with Gasteiger partial charge in [-0.15, -0.1) is 13.2 Å². The number of pyridine rings is 1. The first-order valence-corrected chi connectivity index (χ1v) is 12.6. The van der Waals surface area contributed by atoms with E-state index in [4.69, 9.17) is 14.2 Å². The Kier molecular flexibility index (Phi) is 10.5. The van der Waals surface area contributed by atoms with Crippen LogP contribution < -0.4 is 5.32 Å². The standard InChI is InChI=1S/C26H38BrN3O5/c1-8-13-33-15-12-26(7)16-20(30(18(26)3)24(32)35-25(4,5)6)23(31)29-22-19(17-34-14-9-2)10-11-21(27)28-22/h8-11,18,20H,1-2,12-17H2,3-7H3,(H,28,29,31)/t18-,20+,26+/m1/s1. The van der Waals surface area contributed by atoms with Gasteiger partial charge in [0.25, 0.3) is 0 Å². The Labute approximate surface area is 217 Å². The Morgan fingerprint density at radius 2 is 1.91 bits per heavy atom. The van der Waals surface area contributed by atoms with Crippen molar-refractivity contribution < 1.29 is 23.8 Å². The minimum Gasteiger partial charge on any atom is -0.444 e. The molecule has 1 saturated heterocycles. The van der Waals surface area contributed by atoms with Crippen LogP contribution in [-0.4, -0.2) is 59.4 Å². The molecule has 1 aliphatic rings. The first kappa shape index (κ1) is 29.0. The van der Waals surface area contributed by atoms with Crippen molar-refractivity contribution >= 4 is 33.7 Å². The normalized spacial score (nSPS) is 22.1. The molecule has 0 saturated carbocycles. The smallest absolute Gasteiger partial charge is 0.411 e. The number of aromatic nitrogens is 1. The summed E-state index contributed by atoms with van der Waals surface area (Å²) in [4.78, 5) is 32.8. The van der Waals surface area contributed by atoms with E-state index in [0.717, 1.165) is 5.56 Å². The van der Waals surface area contributed by atoms with Crippen molar-refractivity contribution in [2.24, 2.45) is 5.41 Å². The fourth-order valence-electron chi connectivity index (χ4n) is 4.06. The molecule has 1 aliphatic heterocycles. The second-order valence-corrected chi connectivity index (χ2v) is 10.8. The van der Waals surface area contributed by atoms with Crippen molar-refractivity contribution in [3.05, 3.63) is 47.6 Å². The van der Waals surface area contributed by atoms with Crippen LogP contribution in [0.3, 0.4) is 0 Å². The maximum atomic E-state index is 13.6. The molecule has 1 fully saturated rings. The average molecular weight is 553 g/mol. The second kappa shape index (κ2) is 12.6. The molecule has 35 heavy (non-hydrogen) atoms. The Bertz CT molecular complexity index is 917. The van der Waals surface area contributed by atoms with Gasteiger partial charge >= 0.3 is 6.09 Å². The number of nitrogens with zero attached hydrogens (tertiary/aromatic N) is 2. The molecule has 1 aromatic heterocycles. The fourth-order valence-corrected chi connectivity index (χ4v) is 4.37. The molecular formula is C26H38BrN3O5. The number of ether oxygens (including phenoxy) is 3. The minimum absolute atomic E-state index is 0.244. The Morgan fingerprint density at radius 1 is 1.26 bits per heavy atom. The summed E-state index contributed by atoms with van der Waals surface area (Å²) in [7, 11) is 0. The van der Waals surface area contributed by atoms with Gasteiger partial charge in [0.05, 0.1) is 19.8 Å². The molecule has 0 unspecified atom stereocenters. The highest BCUT2D eigenvalue weighted by Crippen LogP contribution is 2.44. The van der Waals surface area contributed by atoms with Gasteiger partial charge in [0.15, 0.2) is 0 Å². The Balaban J connectivity index is 2.30. The van der Waals surface area contributed by atoms with Crippen LogP contribution in [-0.2, 0) is 25.6 Å². The van der Waals surface area contributed by atoms with E-state index in [-0.39, 0.29) is 24.0 Å². The lowest BCUT2D eigenvalue weighted by Crippen LogP contribution is -2.49. The van der Waals surface area contributed by atoms with E-state index in [9.17, 15) is 9.59 Å². The summed E-state index contributed by atoms with van der Waals surface area (Å²) >= 11 is 3.36. The van der Waals surface area contributed by atoms with Crippen molar-refractivity contribution in [1.29, 1.82) is 0 Å². The van der Waals surface area contributed by atoms with E-state index >= 15 is 0 Å². The summed E-state index contributed by atoms with van der Waals surface area (Å²) in [5.41, 5.74) is -0.314. The number of hydrogen-bond acceptors (Lipinski definition) is 6. The van der Waals surface area contributed by atoms with E-state index in [1.54, 1.807) is 23.1 Å². The molecule has 0 spiro atoms. The van der Waals surface area contributed by atoms with E-state index in [1.165, 1.54) is 0 Å². The van der Waals surface area contributed by atoms with Crippen LogP contribution in [0.5, 0.6) is 0 Å². The molecular weight excluding hydrogens is 514 g/mol. The number of nitrogens with one attached hydrogen (secondary N) is 1. The summed E-state index contributed by atoms with van der Waals surface area (Å²) in [5, 5.41) is 2.92. The summed E-state index contributed by atoms with van der Waals surface area (Å²) in [6.45, 7) is 18.4. The van der Waals surface area contributed by atoms with Crippen LogP contribution in [0.1, 0.15) is 53.0 Å². The molecule has 2 amide bonds. The highest BCUT2D eigenvalue weighted by molar-refractivity contribution is 9.10. The van der Waals surface area contributed by atoms with Crippen LogP contribution in [0, 0.1) is 5.41 Å². The zero-order valence-electron chi connectivity index (χ0n) is 21.4. The van der Waals surface area contributed by atoms with E-state index in [0.29, 0.717) is 43.1 Å². The number of anilines is 1. The SMILES string of the molecule is C=CCOCC[C@@]1(C)C[C@@H](C(=O)Nc2nc(Br)ccc2COCC=C)N(C(=O)OC(C)(C)C)[C@@H]1C. The fraction of sp³-hybridized carbons (Fsp3) is 0.577. The summed E-state index contributed by atoms with van der Waals surface area (Å²) in [6.07, 6.45) is 3.99. The quantitative estimate of drug-likeness (QED) is 0.222. The molecule has 2 heterocycles. The first-order valence-electron chi connectivity index (χ1n) is 11.8. The number of halogens is 1. The van der Waals surface area contributed by atoms with Crippen molar-refractivity contribution in [2.45, 2.75) is 71.8 Å². The van der Waals surface area contributed by atoms with Gasteiger partial charge in [0.2, 0.25) is 5.91 Å². The number of rotatable bonds is 11. The Hall–Kier alpha value is -2.23. The first-order chi connectivity index (χ1) is 16.4. The van der Waals surface area contributed by atoms with E-state index in [1.807, 2.05) is 33.8 Å². The van der Waals surface area contributed by atoms with Gasteiger partial charge in [0.1, 0.15) is 22.1 Å². The topological polar surface area (TPSA) is 90.0 Å². The van der Waals surface area contributed by atoms with E-state index in [2.05, 4.69) is 46.3 Å². The summed E-state index contributed by atoms with van der Waals surface area (Å²) in [6, 6.07) is 2.64. The van der Waals surface area contributed by atoms with Gasteiger partial charge in [-0.25, -0.2) is 9.78 Å². The van der Waals surface area contributed by atoms with Crippen molar-refractivity contribution in [1.82, 2.24) is 9.88 Å². The van der Waals surface area contributed by atoms with Gasteiger partial charge in [-0.05, 0) is 67.9 Å². The highest BCUT2D eigenvalue weighted by atomic mass is 79.9. The predicted molar refractivity (Wildman–Crippen MR) is 140 cm³/mol. The summed E-state index contributed by atoms with van der Waals surface area (Å²) < 4.78 is 17.4. The van der Waals surface area contributed by atoms with Crippen molar-refractivity contribution in [3.63, 3.8) is 0 Å². The molecule has 3 atom stereocenters. The predicted octanol–water partition coefficient (Wildman–Crippen LogP) is 5.48. The Morgan fingerprint density at radius 3 is 2.54 bits per heavy atom. The number of amides is 2. The average Bonchev–Trinajstić information content (AvgIpc) is 3.03. The van der Waals surface area contributed by atoms with Gasteiger partial charge in [-0.3, -0.25) is 9.69 Å². The highest BCUT2D eigenvalue weighted by Gasteiger charge is 2.52. The molecule has 0 aliphatic carbocycles. The molecule has 0 aromatic carbocycles. The molecule has 1 N–H and O–H groups in total. The molecule has 2 rings (SSSR count). The number of likely N-dealkylation sites (tertiary alicyclic amines) is 1. The zero-order valence-corrected chi connectivity index (χ0v) is 23.0. The molecule has 0 radical (unpaired) electrons. The molecule has 9 heteroatoms. The zero-order chi connectivity index (χ0) is 26.2. The van der Waals surface area contributed by atoms with Crippen LogP contribution >= 0.6 is 15.9 Å². The number of carbonyl (C=O) groups is 2. The maximum Gasteiger partial charge on any atom is 0.411 e. The third-order valence-corrected chi connectivity index (χ3v) is 6.50. The third kappa shape index (κ3) is 8.15. The third-order valence-electron chi connectivity index (χ3n) is 6.06. The lowest BCUT2D eigenvalue weighted by atomic mass is 9.79. The largest absolute Gasteiger partial charge is 0.444 e. The molecule has 8 nitrogen and oxygen atoms in total. The lowest BCUT2D eigenvalue weighted by molar-refractivity contribution is -0.120. The van der Waals surface area contributed by atoms with Crippen molar-refractivity contribution in [3.8, 4) is 0 Å². The van der Waals surface area contributed by atoms with Crippen LogP contribution in [0.15, 0.2) is 42.0 Å².